The highest BCUT2D eigenvalue weighted by Crippen LogP contribution is 2.47. The molecule has 1 spiro atoms. The number of hydrogen-bond acceptors (Lipinski definition) is 3. The van der Waals surface area contributed by atoms with Gasteiger partial charge < -0.3 is 20.1 Å². The molecule has 0 bridgehead atoms. The Morgan fingerprint density at radius 3 is 2.89 bits per heavy atom. The lowest BCUT2D eigenvalue weighted by atomic mass is 9.70. The molecule has 3 rings (SSSR count). The smallest absolute Gasteiger partial charge is 0.191 e. The molecule has 2 saturated carbocycles. The van der Waals surface area contributed by atoms with Crippen LogP contribution in [0.25, 0.3) is 0 Å². The Hall–Kier alpha value is -0.810. The fourth-order valence-electron chi connectivity index (χ4n) is 3.33. The summed E-state index contributed by atoms with van der Waals surface area (Å²) in [6.07, 6.45) is 5.77. The zero-order valence-electron chi connectivity index (χ0n) is 12.0. The van der Waals surface area contributed by atoms with Gasteiger partial charge in [-0.15, -0.1) is 0 Å². The van der Waals surface area contributed by atoms with Crippen molar-refractivity contribution in [1.29, 1.82) is 0 Å². The van der Waals surface area contributed by atoms with Crippen LogP contribution < -0.4 is 5.73 Å². The van der Waals surface area contributed by atoms with Crippen LogP contribution in [0.15, 0.2) is 4.99 Å². The van der Waals surface area contributed by atoms with Crippen LogP contribution in [0.3, 0.4) is 0 Å². The molecule has 1 heterocycles. The third-order valence-electron chi connectivity index (χ3n) is 4.74. The van der Waals surface area contributed by atoms with E-state index in [0.29, 0.717) is 12.0 Å². The summed E-state index contributed by atoms with van der Waals surface area (Å²) >= 11 is 0. The number of ether oxygens (including phenoxy) is 2. The van der Waals surface area contributed by atoms with Gasteiger partial charge in [-0.3, -0.25) is 0 Å². The Bertz CT molecular complexity index is 362. The maximum Gasteiger partial charge on any atom is 0.191 e. The summed E-state index contributed by atoms with van der Waals surface area (Å²) in [6, 6.07) is 0.778. The van der Waals surface area contributed by atoms with Gasteiger partial charge in [-0.25, -0.2) is 4.99 Å². The van der Waals surface area contributed by atoms with Gasteiger partial charge >= 0.3 is 0 Å². The van der Waals surface area contributed by atoms with E-state index >= 15 is 0 Å². The van der Waals surface area contributed by atoms with Crippen molar-refractivity contribution >= 4 is 5.96 Å². The third-order valence-corrected chi connectivity index (χ3v) is 4.74. The molecule has 3 fully saturated rings. The van der Waals surface area contributed by atoms with E-state index < -0.39 is 0 Å². The summed E-state index contributed by atoms with van der Waals surface area (Å²) < 4.78 is 11.8. The lowest BCUT2D eigenvalue weighted by molar-refractivity contribution is -0.189. The first-order chi connectivity index (χ1) is 9.17. The molecule has 1 saturated heterocycles. The molecule has 5 nitrogen and oxygen atoms in total. The molecule has 0 aromatic carbocycles. The molecule has 0 amide bonds. The van der Waals surface area contributed by atoms with E-state index in [-0.39, 0.29) is 17.7 Å². The summed E-state index contributed by atoms with van der Waals surface area (Å²) in [5.74, 6) is 0.664. The van der Waals surface area contributed by atoms with Gasteiger partial charge in [0.05, 0.1) is 12.1 Å². The maximum absolute atomic E-state index is 6.12. The van der Waals surface area contributed by atoms with Crippen LogP contribution in [0.1, 0.15) is 39.0 Å². The predicted octanol–water partition coefficient (Wildman–Crippen LogP) is 1.12. The maximum atomic E-state index is 6.12. The van der Waals surface area contributed by atoms with Crippen LogP contribution in [-0.4, -0.2) is 54.9 Å². The number of hydrogen-bond donors (Lipinski definition) is 1. The molecule has 0 aromatic rings. The van der Waals surface area contributed by atoms with Crippen LogP contribution in [0.5, 0.6) is 0 Å². The first kappa shape index (κ1) is 13.2. The predicted molar refractivity (Wildman–Crippen MR) is 74.1 cm³/mol. The van der Waals surface area contributed by atoms with Crippen molar-refractivity contribution in [3.63, 3.8) is 0 Å². The quantitative estimate of drug-likeness (QED) is 0.612. The number of nitrogens with zero attached hydrogens (tertiary/aromatic N) is 2. The molecule has 2 N–H and O–H groups in total. The highest BCUT2D eigenvalue weighted by Gasteiger charge is 2.59. The average Bonchev–Trinajstić information content (AvgIpc) is 3.11. The molecular formula is C14H25N3O2. The zero-order valence-corrected chi connectivity index (χ0v) is 12.0. The van der Waals surface area contributed by atoms with E-state index in [1.54, 1.807) is 0 Å². The lowest BCUT2D eigenvalue weighted by Crippen LogP contribution is -2.63. The summed E-state index contributed by atoms with van der Waals surface area (Å²) in [7, 11) is 2.04. The molecule has 1 aliphatic heterocycles. The van der Waals surface area contributed by atoms with Crippen LogP contribution in [-0.2, 0) is 9.47 Å². The molecule has 3 atom stereocenters. The molecule has 0 aromatic heterocycles. The number of nitrogens with two attached hydrogens (primary N) is 1. The zero-order chi connectivity index (χ0) is 13.5. The molecule has 108 valence electrons. The van der Waals surface area contributed by atoms with E-state index in [1.807, 2.05) is 14.0 Å². The first-order valence-electron chi connectivity index (χ1n) is 7.49. The van der Waals surface area contributed by atoms with Crippen LogP contribution in [0, 0.1) is 0 Å². The molecule has 5 heteroatoms. The highest BCUT2D eigenvalue weighted by atomic mass is 16.6. The van der Waals surface area contributed by atoms with Gasteiger partial charge in [-0.1, -0.05) is 0 Å². The van der Waals surface area contributed by atoms with E-state index in [2.05, 4.69) is 4.90 Å². The fourth-order valence-corrected chi connectivity index (χ4v) is 3.33. The van der Waals surface area contributed by atoms with Crippen LogP contribution in [0.4, 0.5) is 0 Å². The Labute approximate surface area is 115 Å². The average molecular weight is 267 g/mol. The number of guanidine groups is 1. The van der Waals surface area contributed by atoms with Crippen LogP contribution >= 0.6 is 0 Å². The second-order valence-electron chi connectivity index (χ2n) is 5.93. The minimum Gasteiger partial charge on any atom is -0.375 e. The van der Waals surface area contributed by atoms with Crippen molar-refractivity contribution in [2.45, 2.75) is 62.8 Å². The van der Waals surface area contributed by atoms with Crippen LogP contribution in [0.2, 0.25) is 0 Å². The monoisotopic (exact) mass is 267 g/mol. The van der Waals surface area contributed by atoms with Gasteiger partial charge in [0, 0.05) is 32.7 Å². The van der Waals surface area contributed by atoms with Gasteiger partial charge in [0.1, 0.15) is 5.60 Å². The molecule has 3 aliphatic rings. The highest BCUT2D eigenvalue weighted by molar-refractivity contribution is 5.78. The van der Waals surface area contributed by atoms with Crippen molar-refractivity contribution in [2.24, 2.45) is 10.7 Å². The molecule has 2 aliphatic carbocycles. The minimum atomic E-state index is -0.189. The Morgan fingerprint density at radius 1 is 1.53 bits per heavy atom. The lowest BCUT2D eigenvalue weighted by Gasteiger charge is -2.50. The molecule has 0 radical (unpaired) electrons. The number of rotatable bonds is 4. The van der Waals surface area contributed by atoms with E-state index in [4.69, 9.17) is 20.2 Å². The summed E-state index contributed by atoms with van der Waals surface area (Å²) in [5.41, 5.74) is 5.93. The van der Waals surface area contributed by atoms with Crippen molar-refractivity contribution in [1.82, 2.24) is 4.90 Å². The van der Waals surface area contributed by atoms with E-state index in [1.165, 1.54) is 12.8 Å². The molecular weight excluding hydrogens is 242 g/mol. The van der Waals surface area contributed by atoms with E-state index in [9.17, 15) is 0 Å². The molecule has 3 unspecified atom stereocenters. The Balaban J connectivity index is 1.69. The Morgan fingerprint density at radius 2 is 2.32 bits per heavy atom. The number of aliphatic imine (C=N–C) groups is 1. The largest absolute Gasteiger partial charge is 0.375 e. The second kappa shape index (κ2) is 4.94. The minimum absolute atomic E-state index is 0.174. The normalized spacial score (nSPS) is 38.5. The second-order valence-corrected chi connectivity index (χ2v) is 5.93. The first-order valence-corrected chi connectivity index (χ1v) is 7.49. The van der Waals surface area contributed by atoms with Gasteiger partial charge in [0.25, 0.3) is 0 Å². The fraction of sp³-hybridized carbons (Fsp3) is 0.929. The third kappa shape index (κ3) is 2.23. The van der Waals surface area contributed by atoms with Gasteiger partial charge in [-0.05, 0) is 32.6 Å². The van der Waals surface area contributed by atoms with Gasteiger partial charge in [0.15, 0.2) is 5.96 Å². The van der Waals surface area contributed by atoms with Gasteiger partial charge in [-0.2, -0.15) is 0 Å². The SMILES string of the molecule is CCOC1CC(N=C(N)N(C)C2CC2)C12CCCO2. The van der Waals surface area contributed by atoms with Crippen molar-refractivity contribution in [2.75, 3.05) is 20.3 Å². The van der Waals surface area contributed by atoms with Crippen molar-refractivity contribution < 1.29 is 9.47 Å². The summed E-state index contributed by atoms with van der Waals surface area (Å²) in [4.78, 5) is 6.83. The topological polar surface area (TPSA) is 60.1 Å². The van der Waals surface area contributed by atoms with E-state index in [0.717, 1.165) is 32.5 Å². The van der Waals surface area contributed by atoms with Crippen molar-refractivity contribution in [3.05, 3.63) is 0 Å². The standard InChI is InChI=1S/C14H25N3O2/c1-3-18-12-9-11(14(12)7-4-8-19-14)16-13(15)17(2)10-5-6-10/h10-12H,3-9H2,1-2H3,(H2,15,16). The summed E-state index contributed by atoms with van der Waals surface area (Å²) in [5, 5.41) is 0. The van der Waals surface area contributed by atoms with Gasteiger partial charge in [0.2, 0.25) is 0 Å². The Kier molecular flexibility index (Phi) is 3.43. The molecule has 19 heavy (non-hydrogen) atoms. The van der Waals surface area contributed by atoms with Crippen molar-refractivity contribution in [3.8, 4) is 0 Å². The summed E-state index contributed by atoms with van der Waals surface area (Å²) in [6.45, 7) is 3.60.